The molecule has 116 valence electrons. The van der Waals surface area contributed by atoms with E-state index in [0.29, 0.717) is 16.9 Å². The number of benzene rings is 2. The molecule has 0 bridgehead atoms. The molecule has 0 radical (unpaired) electrons. The Labute approximate surface area is 137 Å². The van der Waals surface area contributed by atoms with Crippen LogP contribution in [0.4, 0.5) is 4.39 Å². The number of carbonyl (C=O) groups is 1. The van der Waals surface area contributed by atoms with E-state index in [0.717, 1.165) is 15.8 Å². The zero-order chi connectivity index (χ0) is 16.4. The van der Waals surface area contributed by atoms with Crippen LogP contribution in [0.3, 0.4) is 0 Å². The summed E-state index contributed by atoms with van der Waals surface area (Å²) in [6.45, 7) is 6.20. The topological polar surface area (TPSA) is 34.4 Å². The zero-order valence-corrected chi connectivity index (χ0v) is 13.4. The second-order valence-electron chi connectivity index (χ2n) is 5.18. The Morgan fingerprint density at radius 3 is 2.74 bits per heavy atom. The van der Waals surface area contributed by atoms with Gasteiger partial charge in [0.15, 0.2) is 4.80 Å². The largest absolute Gasteiger partial charge is 0.312 e. The Bertz CT molecular complexity index is 951. The SMILES string of the molecule is C=CCn1c(=NC(=O)c2ccc(C)cc2)sc2cc(F)ccc21. The Morgan fingerprint density at radius 2 is 2.04 bits per heavy atom. The van der Waals surface area contributed by atoms with Crippen LogP contribution in [0.2, 0.25) is 0 Å². The summed E-state index contributed by atoms with van der Waals surface area (Å²) in [6, 6.07) is 11.8. The summed E-state index contributed by atoms with van der Waals surface area (Å²) in [6.07, 6.45) is 1.73. The van der Waals surface area contributed by atoms with Crippen molar-refractivity contribution in [3.63, 3.8) is 0 Å². The summed E-state index contributed by atoms with van der Waals surface area (Å²) >= 11 is 1.29. The van der Waals surface area contributed by atoms with Crippen LogP contribution in [0, 0.1) is 12.7 Å². The van der Waals surface area contributed by atoms with Gasteiger partial charge in [-0.05, 0) is 37.3 Å². The van der Waals surface area contributed by atoms with Crippen LogP contribution in [0.1, 0.15) is 15.9 Å². The van der Waals surface area contributed by atoms with Gasteiger partial charge in [0.05, 0.1) is 10.2 Å². The molecule has 0 aliphatic heterocycles. The number of allylic oxidation sites excluding steroid dienone is 1. The van der Waals surface area contributed by atoms with E-state index in [1.165, 1.54) is 23.5 Å². The average Bonchev–Trinajstić information content (AvgIpc) is 2.85. The van der Waals surface area contributed by atoms with Crippen LogP contribution in [0.25, 0.3) is 10.2 Å². The highest BCUT2D eigenvalue weighted by atomic mass is 32.1. The molecular formula is C18H15FN2OS. The number of thiazole rings is 1. The monoisotopic (exact) mass is 326 g/mol. The second-order valence-corrected chi connectivity index (χ2v) is 6.19. The molecule has 0 atom stereocenters. The number of rotatable bonds is 3. The van der Waals surface area contributed by atoms with Crippen molar-refractivity contribution in [2.24, 2.45) is 4.99 Å². The number of hydrogen-bond donors (Lipinski definition) is 0. The first-order chi connectivity index (χ1) is 11.1. The van der Waals surface area contributed by atoms with Gasteiger partial charge >= 0.3 is 0 Å². The molecule has 23 heavy (non-hydrogen) atoms. The van der Waals surface area contributed by atoms with E-state index in [2.05, 4.69) is 11.6 Å². The lowest BCUT2D eigenvalue weighted by Gasteiger charge is -2.01. The zero-order valence-electron chi connectivity index (χ0n) is 12.6. The van der Waals surface area contributed by atoms with Crippen molar-refractivity contribution in [3.8, 4) is 0 Å². The summed E-state index contributed by atoms with van der Waals surface area (Å²) in [7, 11) is 0. The first kappa shape index (κ1) is 15.4. The number of carbonyl (C=O) groups excluding carboxylic acids is 1. The molecule has 2 aromatic carbocycles. The predicted molar refractivity (Wildman–Crippen MR) is 91.0 cm³/mol. The number of aryl methyl sites for hydroxylation is 1. The van der Waals surface area contributed by atoms with Gasteiger partial charge in [-0.15, -0.1) is 6.58 Å². The van der Waals surface area contributed by atoms with Crippen molar-refractivity contribution in [1.82, 2.24) is 4.57 Å². The first-order valence-corrected chi connectivity index (χ1v) is 7.95. The van der Waals surface area contributed by atoms with Crippen molar-refractivity contribution in [1.29, 1.82) is 0 Å². The normalized spacial score (nSPS) is 11.8. The average molecular weight is 326 g/mol. The minimum atomic E-state index is -0.310. The van der Waals surface area contributed by atoms with Gasteiger partial charge in [0, 0.05) is 12.1 Å². The van der Waals surface area contributed by atoms with Crippen LogP contribution in [0.15, 0.2) is 60.1 Å². The van der Waals surface area contributed by atoms with E-state index in [-0.39, 0.29) is 11.7 Å². The van der Waals surface area contributed by atoms with Gasteiger partial charge in [-0.3, -0.25) is 4.79 Å². The maximum atomic E-state index is 13.4. The summed E-state index contributed by atoms with van der Waals surface area (Å²) in [5.74, 6) is -0.615. The number of halogens is 1. The van der Waals surface area contributed by atoms with E-state index in [9.17, 15) is 9.18 Å². The fourth-order valence-electron chi connectivity index (χ4n) is 2.29. The smallest absolute Gasteiger partial charge is 0.279 e. The van der Waals surface area contributed by atoms with E-state index in [1.807, 2.05) is 23.6 Å². The van der Waals surface area contributed by atoms with Gasteiger partial charge < -0.3 is 4.57 Å². The fraction of sp³-hybridized carbons (Fsp3) is 0.111. The summed E-state index contributed by atoms with van der Waals surface area (Å²) in [5.41, 5.74) is 2.46. The molecule has 0 N–H and O–H groups in total. The first-order valence-electron chi connectivity index (χ1n) is 7.14. The minimum Gasteiger partial charge on any atom is -0.312 e. The lowest BCUT2D eigenvalue weighted by molar-refractivity contribution is 0.0998. The maximum absolute atomic E-state index is 13.4. The molecule has 5 heteroatoms. The van der Waals surface area contributed by atoms with Gasteiger partial charge in [0.25, 0.3) is 5.91 Å². The lowest BCUT2D eigenvalue weighted by Crippen LogP contribution is -2.16. The van der Waals surface area contributed by atoms with Crippen molar-refractivity contribution >= 4 is 27.5 Å². The fourth-order valence-corrected chi connectivity index (χ4v) is 3.35. The molecule has 0 aliphatic carbocycles. The van der Waals surface area contributed by atoms with Gasteiger partial charge in [0.2, 0.25) is 0 Å². The Hall–Kier alpha value is -2.53. The third kappa shape index (κ3) is 3.14. The van der Waals surface area contributed by atoms with Gasteiger partial charge in [-0.25, -0.2) is 4.39 Å². The quantitative estimate of drug-likeness (QED) is 0.668. The van der Waals surface area contributed by atoms with E-state index < -0.39 is 0 Å². The van der Waals surface area contributed by atoms with E-state index in [4.69, 9.17) is 0 Å². The second kappa shape index (κ2) is 6.30. The number of fused-ring (bicyclic) bond motifs is 1. The third-order valence-corrected chi connectivity index (χ3v) is 4.49. The molecule has 1 amide bonds. The van der Waals surface area contributed by atoms with Crippen LogP contribution >= 0.6 is 11.3 Å². The summed E-state index contributed by atoms with van der Waals surface area (Å²) in [4.78, 5) is 17.1. The molecule has 0 saturated carbocycles. The molecule has 1 aromatic heterocycles. The van der Waals surface area contributed by atoms with Gasteiger partial charge in [-0.2, -0.15) is 4.99 Å². The highest BCUT2D eigenvalue weighted by Gasteiger charge is 2.09. The highest BCUT2D eigenvalue weighted by Crippen LogP contribution is 2.19. The standard InChI is InChI=1S/C18H15FN2OS/c1-3-10-21-15-9-8-14(19)11-16(15)23-18(21)20-17(22)13-6-4-12(2)5-7-13/h3-9,11H,1,10H2,2H3. The van der Waals surface area contributed by atoms with Crippen molar-refractivity contribution in [2.75, 3.05) is 0 Å². The number of aromatic nitrogens is 1. The molecule has 0 spiro atoms. The molecule has 0 saturated heterocycles. The maximum Gasteiger partial charge on any atom is 0.279 e. The van der Waals surface area contributed by atoms with E-state index in [1.54, 1.807) is 24.3 Å². The van der Waals surface area contributed by atoms with Crippen LogP contribution in [0.5, 0.6) is 0 Å². The Kier molecular flexibility index (Phi) is 4.21. The molecule has 3 aromatic rings. The predicted octanol–water partition coefficient (Wildman–Crippen LogP) is 4.08. The highest BCUT2D eigenvalue weighted by molar-refractivity contribution is 7.16. The van der Waals surface area contributed by atoms with Crippen LogP contribution < -0.4 is 4.80 Å². The lowest BCUT2D eigenvalue weighted by atomic mass is 10.1. The van der Waals surface area contributed by atoms with Crippen molar-refractivity contribution < 1.29 is 9.18 Å². The van der Waals surface area contributed by atoms with Crippen molar-refractivity contribution in [2.45, 2.75) is 13.5 Å². The number of nitrogens with zero attached hydrogens (tertiary/aromatic N) is 2. The summed E-state index contributed by atoms with van der Waals surface area (Å²) < 4.78 is 16.0. The number of amides is 1. The molecule has 0 fully saturated rings. The minimum absolute atomic E-state index is 0.305. The van der Waals surface area contributed by atoms with Crippen molar-refractivity contribution in [3.05, 3.63) is 76.9 Å². The molecule has 1 heterocycles. The molecule has 3 rings (SSSR count). The van der Waals surface area contributed by atoms with E-state index >= 15 is 0 Å². The molecule has 0 aliphatic rings. The molecule has 3 nitrogen and oxygen atoms in total. The Balaban J connectivity index is 2.13. The molecule has 0 unspecified atom stereocenters. The molecular weight excluding hydrogens is 311 g/mol. The summed E-state index contributed by atoms with van der Waals surface area (Å²) in [5, 5.41) is 0. The van der Waals surface area contributed by atoms with Crippen LogP contribution in [-0.4, -0.2) is 10.5 Å². The third-order valence-electron chi connectivity index (χ3n) is 3.45. The van der Waals surface area contributed by atoms with Crippen LogP contribution in [-0.2, 0) is 6.54 Å². The van der Waals surface area contributed by atoms with Gasteiger partial charge in [-0.1, -0.05) is 35.1 Å². The Morgan fingerprint density at radius 1 is 1.30 bits per heavy atom. The van der Waals surface area contributed by atoms with Gasteiger partial charge in [0.1, 0.15) is 5.82 Å². The number of hydrogen-bond acceptors (Lipinski definition) is 2.